The van der Waals surface area contributed by atoms with Crippen LogP contribution in [0.2, 0.25) is 0 Å². The molecule has 24 heavy (non-hydrogen) atoms. The second-order valence-corrected chi connectivity index (χ2v) is 4.98. The maximum atomic E-state index is 11.7. The molecule has 3 rings (SSSR count). The minimum atomic E-state index is -0.831. The topological polar surface area (TPSA) is 89.0 Å². The summed E-state index contributed by atoms with van der Waals surface area (Å²) in [6.45, 7) is 0.387. The lowest BCUT2D eigenvalue weighted by atomic mass is 10.2. The van der Waals surface area contributed by atoms with Crippen molar-refractivity contribution < 1.29 is 19.1 Å². The van der Waals surface area contributed by atoms with Gasteiger partial charge < -0.3 is 14.8 Å². The molecule has 0 aromatic heterocycles. The lowest BCUT2D eigenvalue weighted by Crippen LogP contribution is -2.37. The molecule has 122 valence electrons. The number of nitrogens with one attached hydrogen (secondary N) is 2. The van der Waals surface area contributed by atoms with E-state index in [9.17, 15) is 9.59 Å². The predicted octanol–water partition coefficient (Wildman–Crippen LogP) is 1.18. The number of amides is 2. The van der Waals surface area contributed by atoms with E-state index in [1.807, 2.05) is 30.3 Å². The number of fused-ring (bicyclic) bond motifs is 1. The molecule has 7 nitrogen and oxygen atoms in total. The van der Waals surface area contributed by atoms with Crippen molar-refractivity contribution in [1.82, 2.24) is 10.7 Å². The number of hydrazone groups is 1. The summed E-state index contributed by atoms with van der Waals surface area (Å²) in [7, 11) is 0. The first kappa shape index (κ1) is 15.5. The average molecular weight is 325 g/mol. The molecule has 1 aliphatic heterocycles. The van der Waals surface area contributed by atoms with Crippen LogP contribution in [0.3, 0.4) is 0 Å². The molecule has 0 saturated heterocycles. The van der Waals surface area contributed by atoms with Gasteiger partial charge in [0.05, 0.1) is 6.21 Å². The van der Waals surface area contributed by atoms with Crippen LogP contribution in [-0.4, -0.2) is 24.8 Å². The van der Waals surface area contributed by atoms with Crippen molar-refractivity contribution in [1.29, 1.82) is 0 Å². The van der Waals surface area contributed by atoms with Gasteiger partial charge in [0.15, 0.2) is 11.5 Å². The van der Waals surface area contributed by atoms with Gasteiger partial charge in [0.25, 0.3) is 0 Å². The summed E-state index contributed by atoms with van der Waals surface area (Å²) in [6, 6.07) is 14.5. The summed E-state index contributed by atoms with van der Waals surface area (Å²) < 4.78 is 10.5. The van der Waals surface area contributed by atoms with E-state index in [1.165, 1.54) is 6.21 Å². The highest BCUT2D eigenvalue weighted by Crippen LogP contribution is 2.32. The van der Waals surface area contributed by atoms with Crippen LogP contribution >= 0.6 is 0 Å². The van der Waals surface area contributed by atoms with Gasteiger partial charge in [-0.3, -0.25) is 9.59 Å². The monoisotopic (exact) mass is 325 g/mol. The maximum Gasteiger partial charge on any atom is 0.329 e. The maximum absolute atomic E-state index is 11.7. The van der Waals surface area contributed by atoms with Crippen LogP contribution in [0.25, 0.3) is 0 Å². The van der Waals surface area contributed by atoms with Gasteiger partial charge in [-0.1, -0.05) is 36.4 Å². The van der Waals surface area contributed by atoms with Crippen LogP contribution in [0.4, 0.5) is 0 Å². The normalized spacial score (nSPS) is 12.2. The minimum absolute atomic E-state index is 0.187. The van der Waals surface area contributed by atoms with E-state index in [0.29, 0.717) is 11.5 Å². The molecule has 2 aromatic rings. The van der Waals surface area contributed by atoms with Gasteiger partial charge in [-0.05, 0) is 23.3 Å². The van der Waals surface area contributed by atoms with Gasteiger partial charge in [0.2, 0.25) is 6.79 Å². The zero-order valence-corrected chi connectivity index (χ0v) is 12.7. The van der Waals surface area contributed by atoms with Gasteiger partial charge in [-0.15, -0.1) is 0 Å². The predicted molar refractivity (Wildman–Crippen MR) is 86.6 cm³/mol. The number of carbonyl (C=O) groups is 2. The van der Waals surface area contributed by atoms with Crippen molar-refractivity contribution in [3.63, 3.8) is 0 Å². The SMILES string of the molecule is O=C(NCc1ccc2c(c1)OCO2)C(=O)N/N=C/c1ccccc1. The third kappa shape index (κ3) is 3.89. The van der Waals surface area contributed by atoms with Crippen LogP contribution in [0.5, 0.6) is 11.5 Å². The number of hydrogen-bond donors (Lipinski definition) is 2. The second kappa shape index (κ2) is 7.28. The highest BCUT2D eigenvalue weighted by molar-refractivity contribution is 6.35. The molecule has 0 saturated carbocycles. The van der Waals surface area contributed by atoms with E-state index < -0.39 is 11.8 Å². The lowest BCUT2D eigenvalue weighted by molar-refractivity contribution is -0.139. The zero-order valence-electron chi connectivity index (χ0n) is 12.7. The van der Waals surface area contributed by atoms with Crippen LogP contribution in [-0.2, 0) is 16.1 Å². The Kier molecular flexibility index (Phi) is 4.71. The Labute approximate surface area is 138 Å². The first-order valence-corrected chi connectivity index (χ1v) is 7.27. The van der Waals surface area contributed by atoms with E-state index in [-0.39, 0.29) is 13.3 Å². The molecule has 2 aromatic carbocycles. The summed E-state index contributed by atoms with van der Waals surface area (Å²) in [5, 5.41) is 6.26. The van der Waals surface area contributed by atoms with Crippen molar-refractivity contribution in [3.05, 3.63) is 59.7 Å². The lowest BCUT2D eigenvalue weighted by Gasteiger charge is -2.05. The molecule has 7 heteroatoms. The Balaban J connectivity index is 1.48. The van der Waals surface area contributed by atoms with Gasteiger partial charge in [0.1, 0.15) is 0 Å². The molecule has 0 bridgehead atoms. The molecule has 0 spiro atoms. The second-order valence-electron chi connectivity index (χ2n) is 4.98. The van der Waals surface area contributed by atoms with Crippen LogP contribution in [0.1, 0.15) is 11.1 Å². The molecule has 2 N–H and O–H groups in total. The molecular weight excluding hydrogens is 310 g/mol. The van der Waals surface area contributed by atoms with Gasteiger partial charge in [0, 0.05) is 6.54 Å². The first-order chi connectivity index (χ1) is 11.7. The Morgan fingerprint density at radius 1 is 1.04 bits per heavy atom. The summed E-state index contributed by atoms with van der Waals surface area (Å²) in [6.07, 6.45) is 1.46. The Bertz CT molecular complexity index is 775. The molecular formula is C17H15N3O4. The summed E-state index contributed by atoms with van der Waals surface area (Å²) in [4.78, 5) is 23.4. The summed E-state index contributed by atoms with van der Waals surface area (Å²) >= 11 is 0. The fourth-order valence-electron chi connectivity index (χ4n) is 2.07. The molecule has 0 radical (unpaired) electrons. The van der Waals surface area contributed by atoms with E-state index in [4.69, 9.17) is 9.47 Å². The van der Waals surface area contributed by atoms with E-state index in [0.717, 1.165) is 11.1 Å². The summed E-state index contributed by atoms with van der Waals surface area (Å²) in [5.41, 5.74) is 3.80. The third-order valence-electron chi connectivity index (χ3n) is 3.28. The highest BCUT2D eigenvalue weighted by atomic mass is 16.7. The van der Waals surface area contributed by atoms with Crippen molar-refractivity contribution in [2.24, 2.45) is 5.10 Å². The minimum Gasteiger partial charge on any atom is -0.454 e. The van der Waals surface area contributed by atoms with Crippen molar-refractivity contribution in [2.75, 3.05) is 6.79 Å². The average Bonchev–Trinajstić information content (AvgIpc) is 3.08. The fraction of sp³-hybridized carbons (Fsp3) is 0.118. The molecule has 2 amide bonds. The molecule has 1 aliphatic rings. The van der Waals surface area contributed by atoms with Crippen LogP contribution in [0.15, 0.2) is 53.6 Å². The number of nitrogens with zero attached hydrogens (tertiary/aromatic N) is 1. The molecule has 0 atom stereocenters. The van der Waals surface area contributed by atoms with Gasteiger partial charge in [-0.25, -0.2) is 5.43 Å². The number of benzene rings is 2. The number of rotatable bonds is 4. The largest absolute Gasteiger partial charge is 0.454 e. The van der Waals surface area contributed by atoms with Crippen molar-refractivity contribution in [3.8, 4) is 11.5 Å². The van der Waals surface area contributed by atoms with E-state index >= 15 is 0 Å². The fourth-order valence-corrected chi connectivity index (χ4v) is 2.07. The number of carbonyl (C=O) groups excluding carboxylic acids is 2. The summed E-state index contributed by atoms with van der Waals surface area (Å²) in [5.74, 6) is -0.308. The first-order valence-electron chi connectivity index (χ1n) is 7.27. The Morgan fingerprint density at radius 3 is 2.67 bits per heavy atom. The van der Waals surface area contributed by atoms with Gasteiger partial charge >= 0.3 is 11.8 Å². The van der Waals surface area contributed by atoms with Crippen LogP contribution in [0, 0.1) is 0 Å². The standard InChI is InChI=1S/C17H15N3O4/c21-16(17(22)20-19-10-12-4-2-1-3-5-12)18-9-13-6-7-14-15(8-13)24-11-23-14/h1-8,10H,9,11H2,(H,18,21)(H,20,22)/b19-10+. The van der Waals surface area contributed by atoms with Crippen molar-refractivity contribution in [2.45, 2.75) is 6.54 Å². The highest BCUT2D eigenvalue weighted by Gasteiger charge is 2.15. The molecule has 0 aliphatic carbocycles. The Hall–Kier alpha value is -3.35. The molecule has 1 heterocycles. The van der Waals surface area contributed by atoms with E-state index in [1.54, 1.807) is 18.2 Å². The zero-order chi connectivity index (χ0) is 16.8. The molecule has 0 unspecified atom stereocenters. The quantitative estimate of drug-likeness (QED) is 0.502. The van der Waals surface area contributed by atoms with Crippen LogP contribution < -0.4 is 20.2 Å². The smallest absolute Gasteiger partial charge is 0.329 e. The van der Waals surface area contributed by atoms with Gasteiger partial charge in [-0.2, -0.15) is 5.10 Å². The number of ether oxygens (including phenoxy) is 2. The van der Waals surface area contributed by atoms with E-state index in [2.05, 4.69) is 15.8 Å². The number of hydrogen-bond acceptors (Lipinski definition) is 5. The Morgan fingerprint density at radius 2 is 1.83 bits per heavy atom. The third-order valence-corrected chi connectivity index (χ3v) is 3.28. The van der Waals surface area contributed by atoms with Crippen molar-refractivity contribution >= 4 is 18.0 Å². The molecule has 0 fully saturated rings.